The van der Waals surface area contributed by atoms with Crippen molar-refractivity contribution >= 4 is 11.5 Å². The molecule has 0 radical (unpaired) electrons. The zero-order chi connectivity index (χ0) is 16.9. The van der Waals surface area contributed by atoms with Crippen LogP contribution in [-0.4, -0.2) is 11.1 Å². The quantitative estimate of drug-likeness (QED) is 0.690. The molecule has 24 heavy (non-hydrogen) atoms. The summed E-state index contributed by atoms with van der Waals surface area (Å²) in [7, 11) is 0. The zero-order valence-corrected chi connectivity index (χ0v) is 13.4. The van der Waals surface area contributed by atoms with E-state index in [1.807, 2.05) is 55.5 Å². The van der Waals surface area contributed by atoms with E-state index in [1.165, 1.54) is 0 Å². The number of carboxylic acid groups (broad SMARTS) is 1. The topological polar surface area (TPSA) is 37.3 Å². The van der Waals surface area contributed by atoms with Crippen LogP contribution in [0.4, 0.5) is 0 Å². The fourth-order valence-corrected chi connectivity index (χ4v) is 2.85. The highest BCUT2D eigenvalue weighted by Gasteiger charge is 2.13. The molecule has 3 rings (SSSR count). The van der Waals surface area contributed by atoms with E-state index in [0.29, 0.717) is 5.56 Å². The van der Waals surface area contributed by atoms with Gasteiger partial charge in [-0.1, -0.05) is 78.9 Å². The van der Waals surface area contributed by atoms with Gasteiger partial charge in [-0.2, -0.15) is 0 Å². The number of allylic oxidation sites excluding steroid dienone is 1. The van der Waals surface area contributed by atoms with Crippen molar-refractivity contribution in [2.45, 2.75) is 6.92 Å². The lowest BCUT2D eigenvalue weighted by Gasteiger charge is -2.12. The SMILES string of the molecule is CC=C(c1ccc(-c2ccccc2)cc1)c1ccccc1C(=O)O. The molecule has 0 aliphatic rings. The van der Waals surface area contributed by atoms with Gasteiger partial charge in [0.2, 0.25) is 0 Å². The summed E-state index contributed by atoms with van der Waals surface area (Å²) in [6, 6.07) is 25.5. The monoisotopic (exact) mass is 314 g/mol. The molecule has 3 aromatic carbocycles. The Bertz CT molecular complexity index is 875. The third kappa shape index (κ3) is 3.13. The number of aromatic carboxylic acids is 1. The van der Waals surface area contributed by atoms with Crippen molar-refractivity contribution in [3.63, 3.8) is 0 Å². The summed E-state index contributed by atoms with van der Waals surface area (Å²) in [5.74, 6) is -0.911. The number of benzene rings is 3. The van der Waals surface area contributed by atoms with E-state index in [4.69, 9.17) is 0 Å². The van der Waals surface area contributed by atoms with Crippen LogP contribution in [0.25, 0.3) is 16.7 Å². The van der Waals surface area contributed by atoms with Gasteiger partial charge in [0.05, 0.1) is 5.56 Å². The fourth-order valence-electron chi connectivity index (χ4n) is 2.85. The Kier molecular flexibility index (Phi) is 4.57. The molecule has 1 N–H and O–H groups in total. The van der Waals surface area contributed by atoms with Gasteiger partial charge in [0, 0.05) is 0 Å². The number of rotatable bonds is 4. The lowest BCUT2D eigenvalue weighted by molar-refractivity contribution is 0.0696. The molecule has 0 fully saturated rings. The van der Waals surface area contributed by atoms with Crippen LogP contribution in [0.15, 0.2) is 84.9 Å². The summed E-state index contributed by atoms with van der Waals surface area (Å²) >= 11 is 0. The lowest BCUT2D eigenvalue weighted by Crippen LogP contribution is -2.02. The van der Waals surface area contributed by atoms with Crippen LogP contribution in [0.2, 0.25) is 0 Å². The molecule has 0 bridgehead atoms. The van der Waals surface area contributed by atoms with E-state index in [9.17, 15) is 9.90 Å². The maximum absolute atomic E-state index is 11.5. The van der Waals surface area contributed by atoms with E-state index in [-0.39, 0.29) is 0 Å². The molecule has 0 unspecified atom stereocenters. The number of hydrogen-bond donors (Lipinski definition) is 1. The molecule has 0 saturated carbocycles. The van der Waals surface area contributed by atoms with Crippen molar-refractivity contribution < 1.29 is 9.90 Å². The summed E-state index contributed by atoms with van der Waals surface area (Å²) in [5, 5.41) is 9.42. The molecular weight excluding hydrogens is 296 g/mol. The average Bonchev–Trinajstić information content (AvgIpc) is 2.64. The molecule has 0 atom stereocenters. The van der Waals surface area contributed by atoms with Gasteiger partial charge >= 0.3 is 5.97 Å². The van der Waals surface area contributed by atoms with Crippen LogP contribution >= 0.6 is 0 Å². The van der Waals surface area contributed by atoms with Crippen molar-refractivity contribution in [2.75, 3.05) is 0 Å². The van der Waals surface area contributed by atoms with Crippen molar-refractivity contribution in [1.29, 1.82) is 0 Å². The highest BCUT2D eigenvalue weighted by Crippen LogP contribution is 2.28. The molecule has 0 aromatic heterocycles. The third-order valence-electron chi connectivity index (χ3n) is 4.04. The molecule has 0 spiro atoms. The molecule has 0 heterocycles. The average molecular weight is 314 g/mol. The standard InChI is InChI=1S/C22H18O2/c1-2-19(20-10-6-7-11-21(20)22(23)24)18-14-12-17(13-15-18)16-8-4-3-5-9-16/h2-15H,1H3,(H,23,24). The van der Waals surface area contributed by atoms with Gasteiger partial charge < -0.3 is 5.11 Å². The van der Waals surface area contributed by atoms with Crippen LogP contribution in [0.5, 0.6) is 0 Å². The lowest BCUT2D eigenvalue weighted by atomic mass is 9.92. The molecule has 2 nitrogen and oxygen atoms in total. The second kappa shape index (κ2) is 6.97. The highest BCUT2D eigenvalue weighted by molar-refractivity contribution is 5.97. The summed E-state index contributed by atoms with van der Waals surface area (Å²) in [6.07, 6.45) is 1.96. The summed E-state index contributed by atoms with van der Waals surface area (Å²) < 4.78 is 0. The minimum absolute atomic E-state index is 0.317. The zero-order valence-electron chi connectivity index (χ0n) is 13.4. The second-order valence-corrected chi connectivity index (χ2v) is 5.50. The van der Waals surface area contributed by atoms with E-state index in [0.717, 1.165) is 27.8 Å². The Hall–Kier alpha value is -3.13. The predicted molar refractivity (Wildman–Crippen MR) is 98.0 cm³/mol. The molecule has 3 aromatic rings. The Balaban J connectivity index is 2.00. The summed E-state index contributed by atoms with van der Waals surface area (Å²) in [4.78, 5) is 11.5. The molecule has 0 amide bonds. The highest BCUT2D eigenvalue weighted by atomic mass is 16.4. The van der Waals surface area contributed by atoms with Crippen LogP contribution in [-0.2, 0) is 0 Å². The molecule has 0 saturated heterocycles. The minimum atomic E-state index is -0.911. The van der Waals surface area contributed by atoms with Gasteiger partial charge in [0.1, 0.15) is 0 Å². The van der Waals surface area contributed by atoms with Crippen molar-refractivity contribution in [3.05, 3.63) is 102 Å². The first-order valence-electron chi connectivity index (χ1n) is 7.85. The predicted octanol–water partition coefficient (Wildman–Crippen LogP) is 5.50. The second-order valence-electron chi connectivity index (χ2n) is 5.50. The molecule has 2 heteroatoms. The van der Waals surface area contributed by atoms with Gasteiger partial charge in [-0.15, -0.1) is 0 Å². The minimum Gasteiger partial charge on any atom is -0.478 e. The maximum atomic E-state index is 11.5. The fraction of sp³-hybridized carbons (Fsp3) is 0.0455. The van der Waals surface area contributed by atoms with E-state index in [2.05, 4.69) is 24.3 Å². The van der Waals surface area contributed by atoms with Crippen LogP contribution < -0.4 is 0 Å². The number of carboxylic acids is 1. The van der Waals surface area contributed by atoms with Crippen molar-refractivity contribution in [2.24, 2.45) is 0 Å². The first-order chi connectivity index (χ1) is 11.7. The van der Waals surface area contributed by atoms with E-state index < -0.39 is 5.97 Å². The molecule has 118 valence electrons. The van der Waals surface area contributed by atoms with Gasteiger partial charge in [-0.05, 0) is 40.8 Å². The molecule has 0 aliphatic carbocycles. The first kappa shape index (κ1) is 15.8. The Labute approximate surface area is 141 Å². The Morgan fingerprint density at radius 3 is 1.88 bits per heavy atom. The Morgan fingerprint density at radius 1 is 0.750 bits per heavy atom. The van der Waals surface area contributed by atoms with Crippen LogP contribution in [0.3, 0.4) is 0 Å². The summed E-state index contributed by atoms with van der Waals surface area (Å²) in [5.41, 5.74) is 5.29. The van der Waals surface area contributed by atoms with Gasteiger partial charge in [0.25, 0.3) is 0 Å². The van der Waals surface area contributed by atoms with Crippen molar-refractivity contribution in [1.82, 2.24) is 0 Å². The maximum Gasteiger partial charge on any atom is 0.336 e. The van der Waals surface area contributed by atoms with E-state index in [1.54, 1.807) is 12.1 Å². The largest absolute Gasteiger partial charge is 0.478 e. The number of carbonyl (C=O) groups is 1. The van der Waals surface area contributed by atoms with E-state index >= 15 is 0 Å². The van der Waals surface area contributed by atoms with Crippen LogP contribution in [0.1, 0.15) is 28.4 Å². The van der Waals surface area contributed by atoms with Gasteiger partial charge in [-0.25, -0.2) is 4.79 Å². The van der Waals surface area contributed by atoms with Crippen LogP contribution in [0, 0.1) is 0 Å². The van der Waals surface area contributed by atoms with Gasteiger partial charge in [-0.3, -0.25) is 0 Å². The Morgan fingerprint density at radius 2 is 1.29 bits per heavy atom. The molecular formula is C22H18O2. The third-order valence-corrected chi connectivity index (χ3v) is 4.04. The summed E-state index contributed by atoms with van der Waals surface area (Å²) in [6.45, 7) is 1.93. The normalized spacial score (nSPS) is 11.3. The number of hydrogen-bond acceptors (Lipinski definition) is 1. The molecule has 0 aliphatic heterocycles. The first-order valence-corrected chi connectivity index (χ1v) is 7.85. The smallest absolute Gasteiger partial charge is 0.336 e. The van der Waals surface area contributed by atoms with Crippen molar-refractivity contribution in [3.8, 4) is 11.1 Å². The van der Waals surface area contributed by atoms with Gasteiger partial charge in [0.15, 0.2) is 0 Å².